The molecule has 8 heteroatoms. The number of hydrogen-bond donors (Lipinski definition) is 2. The minimum Gasteiger partial charge on any atom is -0.489 e. The van der Waals surface area contributed by atoms with Crippen molar-refractivity contribution >= 4 is 22.1 Å². The first kappa shape index (κ1) is 22.8. The number of benzene rings is 2. The molecule has 0 atom stereocenters. The van der Waals surface area contributed by atoms with Gasteiger partial charge in [-0.15, -0.1) is 0 Å². The first-order valence-electron chi connectivity index (χ1n) is 12.6. The summed E-state index contributed by atoms with van der Waals surface area (Å²) in [5.74, 6) is 1.47. The topological polar surface area (TPSA) is 105 Å². The van der Waals surface area contributed by atoms with Crippen molar-refractivity contribution in [2.45, 2.75) is 13.5 Å². The summed E-state index contributed by atoms with van der Waals surface area (Å²) in [5, 5.41) is 8.42. The number of hydrogen-bond acceptors (Lipinski definition) is 6. The Labute approximate surface area is 223 Å². The molecule has 0 aliphatic carbocycles. The largest absolute Gasteiger partial charge is 0.489 e. The van der Waals surface area contributed by atoms with Crippen LogP contribution in [0.5, 0.6) is 5.75 Å². The van der Waals surface area contributed by atoms with Crippen molar-refractivity contribution in [2.75, 3.05) is 0 Å². The molecule has 0 fully saturated rings. The van der Waals surface area contributed by atoms with Gasteiger partial charge in [0.2, 0.25) is 0 Å². The van der Waals surface area contributed by atoms with E-state index in [9.17, 15) is 0 Å². The van der Waals surface area contributed by atoms with Gasteiger partial charge in [0.15, 0.2) is 11.5 Å². The first-order valence-corrected chi connectivity index (χ1v) is 12.6. The molecule has 0 unspecified atom stereocenters. The van der Waals surface area contributed by atoms with Crippen LogP contribution in [0.15, 0.2) is 97.5 Å². The van der Waals surface area contributed by atoms with E-state index in [4.69, 9.17) is 9.72 Å². The Bertz CT molecular complexity index is 1930. The normalized spacial score (nSPS) is 11.3. The molecular formula is C31H23N7O. The fraction of sp³-hybridized carbons (Fsp3) is 0.0645. The molecule has 2 N–H and O–H groups in total. The number of imidazole rings is 1. The number of ether oxygens (including phenoxy) is 1. The van der Waals surface area contributed by atoms with Crippen molar-refractivity contribution in [1.29, 1.82) is 0 Å². The summed E-state index contributed by atoms with van der Waals surface area (Å²) in [6, 6.07) is 26.1. The summed E-state index contributed by atoms with van der Waals surface area (Å²) in [6.45, 7) is 2.57. The zero-order valence-corrected chi connectivity index (χ0v) is 21.1. The van der Waals surface area contributed by atoms with Gasteiger partial charge in [-0.3, -0.25) is 15.1 Å². The molecule has 7 rings (SSSR count). The molecular weight excluding hydrogens is 486 g/mol. The molecule has 0 aliphatic rings. The fourth-order valence-corrected chi connectivity index (χ4v) is 4.72. The number of pyridine rings is 3. The molecule has 0 spiro atoms. The number of aromatic nitrogens is 7. The maximum atomic E-state index is 6.12. The third kappa shape index (κ3) is 4.38. The number of nitrogens with zero attached hydrogens (tertiary/aromatic N) is 5. The second kappa shape index (κ2) is 9.50. The van der Waals surface area contributed by atoms with Gasteiger partial charge in [0.1, 0.15) is 29.3 Å². The van der Waals surface area contributed by atoms with Crippen molar-refractivity contribution < 1.29 is 4.74 Å². The van der Waals surface area contributed by atoms with Crippen LogP contribution in [-0.4, -0.2) is 35.1 Å². The standard InChI is InChI=1S/C31H23N7O/c1-19-13-21(15-23(14-19)39-18-20-7-3-2-4-8-20)22-16-24-27(37-38-30(24)34-17-22)31-35-26-10-12-33-28(29(26)36-31)25-9-5-6-11-32-25/h2-17H,18H2,1H3,(H,35,36)(H,34,37,38). The molecule has 5 heterocycles. The van der Waals surface area contributed by atoms with Crippen molar-refractivity contribution in [3.05, 3.63) is 109 Å². The third-order valence-electron chi connectivity index (χ3n) is 6.59. The minimum absolute atomic E-state index is 0.508. The molecule has 39 heavy (non-hydrogen) atoms. The second-order valence-electron chi connectivity index (χ2n) is 9.36. The zero-order valence-electron chi connectivity index (χ0n) is 21.1. The molecule has 0 amide bonds. The summed E-state index contributed by atoms with van der Waals surface area (Å²) in [5.41, 5.74) is 8.69. The third-order valence-corrected chi connectivity index (χ3v) is 6.59. The van der Waals surface area contributed by atoms with E-state index in [1.54, 1.807) is 12.4 Å². The van der Waals surface area contributed by atoms with E-state index >= 15 is 0 Å². The van der Waals surface area contributed by atoms with Crippen molar-refractivity contribution in [2.24, 2.45) is 0 Å². The highest BCUT2D eigenvalue weighted by atomic mass is 16.5. The predicted octanol–water partition coefficient (Wildman–Crippen LogP) is 6.51. The van der Waals surface area contributed by atoms with E-state index in [0.717, 1.165) is 61.5 Å². The number of nitrogens with one attached hydrogen (secondary N) is 2. The Kier molecular flexibility index (Phi) is 5.55. The van der Waals surface area contributed by atoms with Gasteiger partial charge in [0.25, 0.3) is 0 Å². The van der Waals surface area contributed by atoms with Crippen molar-refractivity contribution in [3.63, 3.8) is 0 Å². The van der Waals surface area contributed by atoms with Gasteiger partial charge in [-0.25, -0.2) is 9.97 Å². The predicted molar refractivity (Wildman–Crippen MR) is 151 cm³/mol. The highest BCUT2D eigenvalue weighted by Crippen LogP contribution is 2.32. The van der Waals surface area contributed by atoms with Gasteiger partial charge in [-0.1, -0.05) is 42.5 Å². The quantitative estimate of drug-likeness (QED) is 0.265. The Morgan fingerprint density at radius 3 is 2.59 bits per heavy atom. The summed E-state index contributed by atoms with van der Waals surface area (Å²) < 4.78 is 6.12. The van der Waals surface area contributed by atoms with Gasteiger partial charge >= 0.3 is 0 Å². The average Bonchev–Trinajstić information content (AvgIpc) is 3.60. The van der Waals surface area contributed by atoms with E-state index in [1.807, 2.05) is 60.8 Å². The highest BCUT2D eigenvalue weighted by molar-refractivity contribution is 5.95. The van der Waals surface area contributed by atoms with Crippen molar-refractivity contribution in [3.8, 4) is 39.8 Å². The van der Waals surface area contributed by atoms with Crippen LogP contribution >= 0.6 is 0 Å². The van der Waals surface area contributed by atoms with E-state index in [0.29, 0.717) is 18.1 Å². The van der Waals surface area contributed by atoms with Crippen LogP contribution in [0.25, 0.3) is 56.1 Å². The van der Waals surface area contributed by atoms with E-state index in [2.05, 4.69) is 61.3 Å². The Morgan fingerprint density at radius 1 is 0.821 bits per heavy atom. The Balaban J connectivity index is 1.26. The zero-order chi connectivity index (χ0) is 26.2. The lowest BCUT2D eigenvalue weighted by Crippen LogP contribution is -1.96. The van der Waals surface area contributed by atoms with Crippen LogP contribution in [0.1, 0.15) is 11.1 Å². The molecule has 0 bridgehead atoms. The number of aryl methyl sites for hydroxylation is 1. The second-order valence-corrected chi connectivity index (χ2v) is 9.36. The monoisotopic (exact) mass is 509 g/mol. The maximum absolute atomic E-state index is 6.12. The SMILES string of the molecule is Cc1cc(OCc2ccccc2)cc(-c2cnc3n[nH]c(-c4nc5c(-c6ccccn6)nccc5[nH]4)c3c2)c1. The lowest BCUT2D eigenvalue weighted by molar-refractivity contribution is 0.306. The van der Waals surface area contributed by atoms with Crippen molar-refractivity contribution in [1.82, 2.24) is 35.1 Å². The van der Waals surface area contributed by atoms with Crippen LogP contribution in [0.3, 0.4) is 0 Å². The van der Waals surface area contributed by atoms with E-state index in [1.165, 1.54) is 0 Å². The van der Waals surface area contributed by atoms with Crippen LogP contribution in [-0.2, 0) is 6.61 Å². The summed E-state index contributed by atoms with van der Waals surface area (Å²) in [4.78, 5) is 21.9. The molecule has 8 nitrogen and oxygen atoms in total. The average molecular weight is 510 g/mol. The molecule has 5 aromatic heterocycles. The number of rotatable bonds is 6. The Morgan fingerprint density at radius 2 is 1.72 bits per heavy atom. The summed E-state index contributed by atoms with van der Waals surface area (Å²) in [6.07, 6.45) is 5.35. The highest BCUT2D eigenvalue weighted by Gasteiger charge is 2.17. The molecule has 2 aromatic carbocycles. The van der Waals surface area contributed by atoms with Gasteiger partial charge < -0.3 is 9.72 Å². The van der Waals surface area contributed by atoms with Crippen LogP contribution in [0.4, 0.5) is 0 Å². The lowest BCUT2D eigenvalue weighted by Gasteiger charge is -2.10. The minimum atomic E-state index is 0.508. The van der Waals surface area contributed by atoms with E-state index in [-0.39, 0.29) is 0 Å². The molecule has 0 saturated carbocycles. The van der Waals surface area contributed by atoms with Crippen LogP contribution in [0, 0.1) is 6.92 Å². The molecule has 0 aliphatic heterocycles. The molecule has 0 saturated heterocycles. The smallest absolute Gasteiger partial charge is 0.181 e. The van der Waals surface area contributed by atoms with Crippen LogP contribution < -0.4 is 4.74 Å². The summed E-state index contributed by atoms with van der Waals surface area (Å²) in [7, 11) is 0. The molecule has 188 valence electrons. The molecule has 7 aromatic rings. The van der Waals surface area contributed by atoms with Gasteiger partial charge in [-0.2, -0.15) is 5.10 Å². The van der Waals surface area contributed by atoms with Crippen LogP contribution in [0.2, 0.25) is 0 Å². The number of fused-ring (bicyclic) bond motifs is 2. The van der Waals surface area contributed by atoms with E-state index < -0.39 is 0 Å². The fourth-order valence-electron chi connectivity index (χ4n) is 4.72. The lowest BCUT2D eigenvalue weighted by atomic mass is 10.0. The first-order chi connectivity index (χ1) is 19.2. The Hall–Kier alpha value is -5.37. The maximum Gasteiger partial charge on any atom is 0.181 e. The van der Waals surface area contributed by atoms with Gasteiger partial charge in [0.05, 0.1) is 16.6 Å². The van der Waals surface area contributed by atoms with Gasteiger partial charge in [0, 0.05) is 24.2 Å². The summed E-state index contributed by atoms with van der Waals surface area (Å²) >= 11 is 0. The van der Waals surface area contributed by atoms with Gasteiger partial charge in [-0.05, 0) is 60.0 Å². The number of aromatic amines is 2. The number of H-pyrrole nitrogens is 2. The molecule has 0 radical (unpaired) electrons.